The van der Waals surface area contributed by atoms with Crippen molar-refractivity contribution < 1.29 is 4.39 Å². The minimum absolute atomic E-state index is 0.130. The molecule has 0 saturated heterocycles. The summed E-state index contributed by atoms with van der Waals surface area (Å²) in [7, 11) is 0. The van der Waals surface area contributed by atoms with Crippen LogP contribution in [0.5, 0.6) is 0 Å². The molecule has 0 radical (unpaired) electrons. The summed E-state index contributed by atoms with van der Waals surface area (Å²) in [5.74, 6) is 0.266. The highest BCUT2D eigenvalue weighted by Gasteiger charge is 2.05. The lowest BCUT2D eigenvalue weighted by molar-refractivity contribution is 0.311. The minimum atomic E-state index is -1.03. The summed E-state index contributed by atoms with van der Waals surface area (Å²) in [6.07, 6.45) is 0.554. The van der Waals surface area contributed by atoms with E-state index in [1.807, 2.05) is 0 Å². The summed E-state index contributed by atoms with van der Waals surface area (Å²) in [5.41, 5.74) is -0.666. The molecule has 1 aromatic rings. The topological polar surface area (TPSA) is 77.8 Å². The summed E-state index contributed by atoms with van der Waals surface area (Å²) in [6, 6.07) is 0. The molecule has 0 fully saturated rings. The second-order valence-electron chi connectivity index (χ2n) is 3.30. The molecule has 5 nitrogen and oxygen atoms in total. The van der Waals surface area contributed by atoms with Gasteiger partial charge < -0.3 is 10.3 Å². The third-order valence-electron chi connectivity index (χ3n) is 2.00. The van der Waals surface area contributed by atoms with Crippen LogP contribution >= 0.6 is 11.6 Å². The van der Waals surface area contributed by atoms with Crippen molar-refractivity contribution in [3.8, 4) is 0 Å². The molecule has 1 rings (SSSR count). The van der Waals surface area contributed by atoms with Gasteiger partial charge in [-0.1, -0.05) is 0 Å². The van der Waals surface area contributed by atoms with Crippen LogP contribution in [0.4, 0.5) is 4.39 Å². The first-order chi connectivity index (χ1) is 7.63. The van der Waals surface area contributed by atoms with Gasteiger partial charge in [-0.3, -0.25) is 9.78 Å². The average Bonchev–Trinajstić information content (AvgIpc) is 2.22. The zero-order valence-electron chi connectivity index (χ0n) is 8.56. The number of H-pyrrole nitrogens is 2. The predicted molar refractivity (Wildman–Crippen MR) is 59.6 cm³/mol. The van der Waals surface area contributed by atoms with Crippen LogP contribution < -0.4 is 16.6 Å². The van der Waals surface area contributed by atoms with E-state index in [9.17, 15) is 14.0 Å². The van der Waals surface area contributed by atoms with Crippen molar-refractivity contribution in [1.82, 2.24) is 15.3 Å². The Hall–Kier alpha value is -1.14. The molecule has 1 unspecified atom stereocenters. The zero-order valence-corrected chi connectivity index (χ0v) is 9.31. The van der Waals surface area contributed by atoms with Gasteiger partial charge in [0.25, 0.3) is 5.56 Å². The van der Waals surface area contributed by atoms with Crippen molar-refractivity contribution in [1.29, 1.82) is 0 Å². The Morgan fingerprint density at radius 1 is 1.50 bits per heavy atom. The first kappa shape index (κ1) is 12.9. The lowest BCUT2D eigenvalue weighted by atomic mass is 10.3. The second-order valence-corrected chi connectivity index (χ2v) is 3.68. The maximum Gasteiger partial charge on any atom is 0.325 e. The lowest BCUT2D eigenvalue weighted by Crippen LogP contribution is -2.30. The fraction of sp³-hybridized carbons (Fsp3) is 0.556. The van der Waals surface area contributed by atoms with Crippen LogP contribution in [0.3, 0.4) is 0 Å². The van der Waals surface area contributed by atoms with Crippen molar-refractivity contribution >= 4 is 11.6 Å². The van der Waals surface area contributed by atoms with Gasteiger partial charge in [0.1, 0.15) is 6.17 Å². The Balaban J connectivity index is 2.43. The molecule has 3 N–H and O–H groups in total. The van der Waals surface area contributed by atoms with E-state index in [0.29, 0.717) is 5.56 Å². The van der Waals surface area contributed by atoms with Gasteiger partial charge in [-0.15, -0.1) is 11.6 Å². The zero-order chi connectivity index (χ0) is 12.0. The van der Waals surface area contributed by atoms with Crippen LogP contribution in [0.1, 0.15) is 12.0 Å². The molecule has 0 amide bonds. The number of hydrogen-bond acceptors (Lipinski definition) is 3. The van der Waals surface area contributed by atoms with E-state index in [1.165, 1.54) is 6.20 Å². The molecule has 0 aliphatic rings. The Labute approximate surface area is 96.0 Å². The van der Waals surface area contributed by atoms with Gasteiger partial charge in [0, 0.05) is 30.7 Å². The third kappa shape index (κ3) is 4.16. The van der Waals surface area contributed by atoms with Crippen LogP contribution in [0, 0.1) is 0 Å². The average molecular weight is 250 g/mol. The fourth-order valence-corrected chi connectivity index (χ4v) is 1.39. The summed E-state index contributed by atoms with van der Waals surface area (Å²) < 4.78 is 13.0. The summed E-state index contributed by atoms with van der Waals surface area (Å²) in [4.78, 5) is 26.3. The summed E-state index contributed by atoms with van der Waals surface area (Å²) in [6.45, 7) is 0.333. The highest BCUT2D eigenvalue weighted by molar-refractivity contribution is 6.17. The molecular formula is C9H13ClFN3O2. The van der Waals surface area contributed by atoms with Crippen molar-refractivity contribution in [2.45, 2.75) is 19.1 Å². The molecule has 0 spiro atoms. The van der Waals surface area contributed by atoms with Gasteiger partial charge in [-0.2, -0.15) is 0 Å². The van der Waals surface area contributed by atoms with Gasteiger partial charge in [0.2, 0.25) is 0 Å². The number of nitrogens with one attached hydrogen (secondary N) is 3. The Bertz CT molecular complexity index is 431. The van der Waals surface area contributed by atoms with E-state index < -0.39 is 17.4 Å². The van der Waals surface area contributed by atoms with E-state index in [1.54, 1.807) is 0 Å². The van der Waals surface area contributed by atoms with Crippen molar-refractivity contribution in [2.24, 2.45) is 0 Å². The first-order valence-corrected chi connectivity index (χ1v) is 5.38. The second kappa shape index (κ2) is 6.44. The van der Waals surface area contributed by atoms with E-state index in [-0.39, 0.29) is 25.4 Å². The molecule has 1 aromatic heterocycles. The lowest BCUT2D eigenvalue weighted by Gasteiger charge is -2.07. The van der Waals surface area contributed by atoms with Crippen LogP contribution in [0.15, 0.2) is 15.8 Å². The molecule has 1 heterocycles. The molecule has 1 atom stereocenters. The van der Waals surface area contributed by atoms with Crippen LogP contribution in [0.25, 0.3) is 0 Å². The standard InChI is InChI=1S/C9H13ClFN3O2/c10-2-1-7(11)5-12-3-6-4-13-9(16)14-8(6)15/h4,7,12H,1-3,5H2,(H2,13,14,15,16). The number of aromatic nitrogens is 2. The number of rotatable bonds is 6. The van der Waals surface area contributed by atoms with Crippen LogP contribution in [-0.2, 0) is 6.54 Å². The highest BCUT2D eigenvalue weighted by Crippen LogP contribution is 1.98. The maximum absolute atomic E-state index is 13.0. The van der Waals surface area contributed by atoms with E-state index >= 15 is 0 Å². The molecule has 0 aliphatic heterocycles. The highest BCUT2D eigenvalue weighted by atomic mass is 35.5. The molecule has 90 valence electrons. The Kier molecular flexibility index (Phi) is 5.21. The molecule has 0 bridgehead atoms. The van der Waals surface area contributed by atoms with Gasteiger partial charge >= 0.3 is 5.69 Å². The molecule has 7 heteroatoms. The third-order valence-corrected chi connectivity index (χ3v) is 2.22. The fourth-order valence-electron chi connectivity index (χ4n) is 1.15. The number of alkyl halides is 2. The van der Waals surface area contributed by atoms with E-state index in [2.05, 4.69) is 15.3 Å². The Morgan fingerprint density at radius 3 is 2.88 bits per heavy atom. The first-order valence-electron chi connectivity index (χ1n) is 4.85. The number of halogens is 2. The largest absolute Gasteiger partial charge is 0.325 e. The van der Waals surface area contributed by atoms with Gasteiger partial charge in [-0.25, -0.2) is 9.18 Å². The van der Waals surface area contributed by atoms with Crippen molar-refractivity contribution in [3.63, 3.8) is 0 Å². The molecule has 0 aromatic carbocycles. The molecule has 0 aliphatic carbocycles. The van der Waals surface area contributed by atoms with Crippen molar-refractivity contribution in [2.75, 3.05) is 12.4 Å². The van der Waals surface area contributed by atoms with Gasteiger partial charge in [-0.05, 0) is 6.42 Å². The van der Waals surface area contributed by atoms with Gasteiger partial charge in [0.15, 0.2) is 0 Å². The smallest absolute Gasteiger partial charge is 0.314 e. The predicted octanol–water partition coefficient (Wildman–Crippen LogP) is 0.120. The summed E-state index contributed by atoms with van der Waals surface area (Å²) >= 11 is 5.37. The van der Waals surface area contributed by atoms with Gasteiger partial charge in [0.05, 0.1) is 0 Å². The number of aromatic amines is 2. The van der Waals surface area contributed by atoms with E-state index in [0.717, 1.165) is 0 Å². The quantitative estimate of drug-likeness (QED) is 0.627. The normalized spacial score (nSPS) is 12.6. The van der Waals surface area contributed by atoms with Crippen molar-refractivity contribution in [3.05, 3.63) is 32.6 Å². The van der Waals surface area contributed by atoms with E-state index in [4.69, 9.17) is 11.6 Å². The molecular weight excluding hydrogens is 237 g/mol. The summed E-state index contributed by atoms with van der Waals surface area (Å²) in [5, 5.41) is 2.77. The molecule has 0 saturated carbocycles. The molecule has 16 heavy (non-hydrogen) atoms. The Morgan fingerprint density at radius 2 is 2.25 bits per heavy atom. The maximum atomic E-state index is 13.0. The minimum Gasteiger partial charge on any atom is -0.314 e. The monoisotopic (exact) mass is 249 g/mol. The SMILES string of the molecule is O=c1[nH]cc(CNCC(F)CCCl)c(=O)[nH]1. The number of hydrogen-bond donors (Lipinski definition) is 3. The van der Waals surface area contributed by atoms with Crippen LogP contribution in [-0.4, -0.2) is 28.6 Å². The van der Waals surface area contributed by atoms with Crippen LogP contribution in [0.2, 0.25) is 0 Å².